The van der Waals surface area contributed by atoms with Crippen LogP contribution in [0.1, 0.15) is 58.4 Å². The molecule has 0 unspecified atom stereocenters. The van der Waals surface area contributed by atoms with E-state index in [0.717, 1.165) is 48.1 Å². The fourth-order valence-electron chi connectivity index (χ4n) is 4.13. The van der Waals surface area contributed by atoms with Gasteiger partial charge in [0.1, 0.15) is 0 Å². The van der Waals surface area contributed by atoms with Gasteiger partial charge in [0.05, 0.1) is 22.7 Å². The Kier molecular flexibility index (Phi) is 5.30. The SMILES string of the molecule is Cc1ccc(Cc2cc3c(c(Cl)c2C)OCN([C@H]2CCCC[C@@H]2O)C3=O)cn1. The molecular formula is C22H25ClN2O3. The maximum Gasteiger partial charge on any atom is 0.260 e. The molecule has 2 heterocycles. The number of aliphatic hydroxyl groups excluding tert-OH is 1. The zero-order valence-corrected chi connectivity index (χ0v) is 17.0. The van der Waals surface area contributed by atoms with Gasteiger partial charge in [0.25, 0.3) is 5.91 Å². The predicted octanol–water partition coefficient (Wildman–Crippen LogP) is 4.04. The van der Waals surface area contributed by atoms with E-state index in [9.17, 15) is 9.90 Å². The van der Waals surface area contributed by atoms with Crippen LogP contribution in [0.25, 0.3) is 0 Å². The highest BCUT2D eigenvalue weighted by Crippen LogP contribution is 2.39. The number of hydrogen-bond acceptors (Lipinski definition) is 4. The van der Waals surface area contributed by atoms with Crippen molar-refractivity contribution in [2.45, 2.75) is 58.1 Å². The van der Waals surface area contributed by atoms with Gasteiger partial charge in [0.15, 0.2) is 12.5 Å². The first kappa shape index (κ1) is 19.2. The van der Waals surface area contributed by atoms with Gasteiger partial charge in [-0.2, -0.15) is 0 Å². The lowest BCUT2D eigenvalue weighted by atomic mass is 9.90. The number of halogens is 1. The normalized spacial score (nSPS) is 22.0. The van der Waals surface area contributed by atoms with E-state index >= 15 is 0 Å². The molecule has 0 radical (unpaired) electrons. The van der Waals surface area contributed by atoms with Gasteiger partial charge >= 0.3 is 0 Å². The molecule has 1 N–H and O–H groups in total. The van der Waals surface area contributed by atoms with Crippen molar-refractivity contribution in [2.24, 2.45) is 0 Å². The van der Waals surface area contributed by atoms with Crippen LogP contribution in [0, 0.1) is 13.8 Å². The fourth-order valence-corrected chi connectivity index (χ4v) is 4.41. The molecule has 1 aromatic heterocycles. The third kappa shape index (κ3) is 3.49. The van der Waals surface area contributed by atoms with Crippen molar-refractivity contribution < 1.29 is 14.6 Å². The van der Waals surface area contributed by atoms with Gasteiger partial charge in [-0.15, -0.1) is 0 Å². The standard InChI is InChI=1S/C22H25ClN2O3/c1-13-7-8-15(11-24-13)9-16-10-17-21(20(23)14(16)2)28-12-25(22(17)27)18-5-3-4-6-19(18)26/h7-8,10-11,18-19,26H,3-6,9,12H2,1-2H3/t18-,19-/m0/s1. The second-order valence-electron chi connectivity index (χ2n) is 7.80. The largest absolute Gasteiger partial charge is 0.471 e. The van der Waals surface area contributed by atoms with Crippen LogP contribution >= 0.6 is 11.6 Å². The number of carbonyl (C=O) groups excluding carboxylic acids is 1. The summed E-state index contributed by atoms with van der Waals surface area (Å²) in [6.45, 7) is 4.04. The monoisotopic (exact) mass is 400 g/mol. The lowest BCUT2D eigenvalue weighted by molar-refractivity contribution is -0.0124. The second kappa shape index (κ2) is 7.72. The van der Waals surface area contributed by atoms with E-state index in [4.69, 9.17) is 16.3 Å². The van der Waals surface area contributed by atoms with Crippen LogP contribution in [0.15, 0.2) is 24.4 Å². The number of aliphatic hydroxyl groups is 1. The first-order chi connectivity index (χ1) is 13.5. The smallest absolute Gasteiger partial charge is 0.260 e. The summed E-state index contributed by atoms with van der Waals surface area (Å²) in [5, 5.41) is 10.9. The molecule has 1 amide bonds. The molecule has 0 saturated heterocycles. The average molecular weight is 401 g/mol. The topological polar surface area (TPSA) is 62.7 Å². The number of ether oxygens (including phenoxy) is 1. The Morgan fingerprint density at radius 3 is 2.79 bits per heavy atom. The molecule has 2 aliphatic rings. The lowest BCUT2D eigenvalue weighted by Gasteiger charge is -2.40. The van der Waals surface area contributed by atoms with Gasteiger partial charge < -0.3 is 9.84 Å². The third-order valence-corrected chi connectivity index (χ3v) is 6.33. The highest BCUT2D eigenvalue weighted by molar-refractivity contribution is 6.33. The van der Waals surface area contributed by atoms with E-state index in [1.165, 1.54) is 0 Å². The highest BCUT2D eigenvalue weighted by atomic mass is 35.5. The van der Waals surface area contributed by atoms with E-state index < -0.39 is 6.10 Å². The van der Waals surface area contributed by atoms with Gasteiger partial charge in [-0.3, -0.25) is 14.7 Å². The Bertz CT molecular complexity index is 898. The maximum atomic E-state index is 13.2. The Labute approximate surface area is 170 Å². The van der Waals surface area contributed by atoms with E-state index in [0.29, 0.717) is 22.8 Å². The summed E-state index contributed by atoms with van der Waals surface area (Å²) in [6.07, 6.45) is 5.53. The Morgan fingerprint density at radius 1 is 1.29 bits per heavy atom. The van der Waals surface area contributed by atoms with Crippen molar-refractivity contribution in [1.29, 1.82) is 0 Å². The predicted molar refractivity (Wildman–Crippen MR) is 108 cm³/mol. The second-order valence-corrected chi connectivity index (χ2v) is 8.18. The first-order valence-corrected chi connectivity index (χ1v) is 10.2. The molecule has 5 nitrogen and oxygen atoms in total. The molecule has 148 valence electrons. The molecule has 2 aromatic rings. The molecule has 2 atom stereocenters. The Morgan fingerprint density at radius 2 is 2.07 bits per heavy atom. The number of amides is 1. The van der Waals surface area contributed by atoms with Crippen LogP contribution in [-0.2, 0) is 6.42 Å². The van der Waals surface area contributed by atoms with Gasteiger partial charge in [0, 0.05) is 11.9 Å². The summed E-state index contributed by atoms with van der Waals surface area (Å²) in [5.74, 6) is 0.342. The van der Waals surface area contributed by atoms with E-state index in [1.54, 1.807) is 4.90 Å². The molecule has 1 aromatic carbocycles. The molecule has 0 spiro atoms. The van der Waals surface area contributed by atoms with Crippen LogP contribution in [-0.4, -0.2) is 39.8 Å². The Hall–Kier alpha value is -2.11. The minimum Gasteiger partial charge on any atom is -0.471 e. The minimum atomic E-state index is -0.498. The van der Waals surface area contributed by atoms with Crippen LogP contribution in [0.4, 0.5) is 0 Å². The molecule has 1 aliphatic heterocycles. The summed E-state index contributed by atoms with van der Waals surface area (Å²) in [4.78, 5) is 19.3. The van der Waals surface area contributed by atoms with Crippen LogP contribution in [0.5, 0.6) is 5.75 Å². The number of hydrogen-bond donors (Lipinski definition) is 1. The number of rotatable bonds is 3. The summed E-state index contributed by atoms with van der Waals surface area (Å²) in [6, 6.07) is 5.71. The lowest BCUT2D eigenvalue weighted by Crippen LogP contribution is -2.51. The number of pyridine rings is 1. The molecular weight excluding hydrogens is 376 g/mol. The number of carbonyl (C=O) groups is 1. The summed E-state index contributed by atoms with van der Waals surface area (Å²) in [7, 11) is 0. The Balaban J connectivity index is 1.67. The minimum absolute atomic E-state index is 0.114. The summed E-state index contributed by atoms with van der Waals surface area (Å²) >= 11 is 6.57. The molecule has 28 heavy (non-hydrogen) atoms. The van der Waals surface area contributed by atoms with Crippen molar-refractivity contribution in [3.05, 3.63) is 57.4 Å². The summed E-state index contributed by atoms with van der Waals surface area (Å²) < 4.78 is 5.89. The van der Waals surface area contributed by atoms with Crippen molar-refractivity contribution in [2.75, 3.05) is 6.73 Å². The highest BCUT2D eigenvalue weighted by Gasteiger charge is 2.37. The molecule has 0 bridgehead atoms. The van der Waals surface area contributed by atoms with Crippen LogP contribution < -0.4 is 4.74 Å². The third-order valence-electron chi connectivity index (χ3n) is 5.87. The maximum absolute atomic E-state index is 13.2. The number of benzene rings is 1. The fraction of sp³-hybridized carbons (Fsp3) is 0.455. The number of aromatic nitrogens is 1. The van der Waals surface area contributed by atoms with Gasteiger partial charge in [-0.25, -0.2) is 0 Å². The quantitative estimate of drug-likeness (QED) is 0.844. The van der Waals surface area contributed by atoms with Crippen LogP contribution in [0.2, 0.25) is 5.02 Å². The molecule has 1 fully saturated rings. The zero-order chi connectivity index (χ0) is 19.8. The molecule has 1 saturated carbocycles. The molecule has 1 aliphatic carbocycles. The van der Waals surface area contributed by atoms with E-state index in [2.05, 4.69) is 4.98 Å². The van der Waals surface area contributed by atoms with E-state index in [-0.39, 0.29) is 18.7 Å². The van der Waals surface area contributed by atoms with Crippen molar-refractivity contribution in [1.82, 2.24) is 9.88 Å². The van der Waals surface area contributed by atoms with Gasteiger partial charge in [-0.05, 0) is 61.9 Å². The molecule has 6 heteroatoms. The van der Waals surface area contributed by atoms with Gasteiger partial charge in [-0.1, -0.05) is 30.5 Å². The number of nitrogens with zero attached hydrogens (tertiary/aromatic N) is 2. The van der Waals surface area contributed by atoms with Crippen molar-refractivity contribution in [3.8, 4) is 5.75 Å². The average Bonchev–Trinajstić information content (AvgIpc) is 2.69. The van der Waals surface area contributed by atoms with Crippen molar-refractivity contribution >= 4 is 17.5 Å². The summed E-state index contributed by atoms with van der Waals surface area (Å²) in [5.41, 5.74) is 4.41. The number of aryl methyl sites for hydroxylation is 1. The van der Waals surface area contributed by atoms with E-state index in [1.807, 2.05) is 38.2 Å². The number of fused-ring (bicyclic) bond motifs is 1. The first-order valence-electron chi connectivity index (χ1n) is 9.81. The van der Waals surface area contributed by atoms with Gasteiger partial charge in [0.2, 0.25) is 0 Å². The molecule has 4 rings (SSSR count). The van der Waals surface area contributed by atoms with Crippen LogP contribution in [0.3, 0.4) is 0 Å². The van der Waals surface area contributed by atoms with Crippen molar-refractivity contribution in [3.63, 3.8) is 0 Å². The zero-order valence-electron chi connectivity index (χ0n) is 16.2.